The van der Waals surface area contributed by atoms with Crippen molar-refractivity contribution >= 4 is 23.6 Å². The van der Waals surface area contributed by atoms with Crippen LogP contribution in [0.3, 0.4) is 0 Å². The molecule has 1 aromatic heterocycles. The van der Waals surface area contributed by atoms with Crippen LogP contribution in [0.2, 0.25) is 0 Å². The fourth-order valence-electron chi connectivity index (χ4n) is 2.81. The minimum absolute atomic E-state index is 0.190. The number of carbonyl (C=O) groups is 2. The molecule has 0 saturated heterocycles. The molecule has 150 valence electrons. The minimum Gasteiger partial charge on any atom is -0.459 e. The molecule has 3 rings (SSSR count). The van der Waals surface area contributed by atoms with Crippen LogP contribution >= 0.6 is 11.8 Å². The van der Waals surface area contributed by atoms with Gasteiger partial charge in [0.2, 0.25) is 5.91 Å². The fourth-order valence-corrected chi connectivity index (χ4v) is 3.68. The molecule has 2 aromatic carbocycles. The monoisotopic (exact) mass is 408 g/mol. The first kappa shape index (κ1) is 20.7. The molecule has 0 spiro atoms. The molecule has 29 heavy (non-hydrogen) atoms. The number of furan rings is 1. The third-order valence-electron chi connectivity index (χ3n) is 4.28. The maximum Gasteiger partial charge on any atom is 0.287 e. The summed E-state index contributed by atoms with van der Waals surface area (Å²) in [6.45, 7) is 0.556. The molecule has 5 nitrogen and oxygen atoms in total. The predicted octanol–water partition coefficient (Wildman–Crippen LogP) is 3.92. The summed E-state index contributed by atoms with van der Waals surface area (Å²) in [7, 11) is 0. The molecule has 0 radical (unpaired) electrons. The van der Waals surface area contributed by atoms with Gasteiger partial charge in [0, 0.05) is 17.9 Å². The summed E-state index contributed by atoms with van der Waals surface area (Å²) in [5.41, 5.74) is 0.979. The van der Waals surface area contributed by atoms with Crippen molar-refractivity contribution in [2.24, 2.45) is 0 Å². The molecule has 1 unspecified atom stereocenters. The number of hydrogen-bond acceptors (Lipinski definition) is 4. The molecule has 3 aromatic rings. The Morgan fingerprint density at radius 2 is 1.66 bits per heavy atom. The first-order valence-corrected chi connectivity index (χ1v) is 10.5. The van der Waals surface area contributed by atoms with Crippen molar-refractivity contribution < 1.29 is 14.0 Å². The summed E-state index contributed by atoms with van der Waals surface area (Å²) in [5, 5.41) is 5.73. The van der Waals surface area contributed by atoms with Crippen LogP contribution < -0.4 is 10.6 Å². The molecule has 2 N–H and O–H groups in total. The van der Waals surface area contributed by atoms with Crippen LogP contribution in [-0.2, 0) is 11.2 Å². The standard InChI is InChI=1S/C23H24N2O3S/c26-22(24-14-8-16-29-19-11-5-2-6-12-19)20(17-18-9-3-1-4-10-18)25-23(27)21-13-7-15-28-21/h1-7,9-13,15,20H,8,14,16-17H2,(H,24,26)(H,25,27). The average Bonchev–Trinajstić information content (AvgIpc) is 3.29. The maximum atomic E-state index is 12.7. The van der Waals surface area contributed by atoms with E-state index >= 15 is 0 Å². The zero-order valence-corrected chi connectivity index (χ0v) is 16.9. The lowest BCUT2D eigenvalue weighted by Crippen LogP contribution is -2.48. The Bertz CT molecular complexity index is 883. The number of thioether (sulfide) groups is 1. The van der Waals surface area contributed by atoms with E-state index in [9.17, 15) is 9.59 Å². The van der Waals surface area contributed by atoms with Crippen molar-refractivity contribution in [3.8, 4) is 0 Å². The summed E-state index contributed by atoms with van der Waals surface area (Å²) in [5.74, 6) is 0.506. The first-order valence-electron chi connectivity index (χ1n) is 9.56. The van der Waals surface area contributed by atoms with Crippen molar-refractivity contribution in [1.29, 1.82) is 0 Å². The topological polar surface area (TPSA) is 71.3 Å². The highest BCUT2D eigenvalue weighted by Gasteiger charge is 2.22. The van der Waals surface area contributed by atoms with Crippen LogP contribution in [0.4, 0.5) is 0 Å². The third kappa shape index (κ3) is 6.84. The molecule has 0 aliphatic carbocycles. The average molecular weight is 409 g/mol. The van der Waals surface area contributed by atoms with Crippen LogP contribution in [-0.4, -0.2) is 30.2 Å². The van der Waals surface area contributed by atoms with Crippen molar-refractivity contribution in [3.63, 3.8) is 0 Å². The Kier molecular flexibility index (Phi) is 7.95. The van der Waals surface area contributed by atoms with Crippen molar-refractivity contribution in [2.75, 3.05) is 12.3 Å². The number of hydrogen-bond donors (Lipinski definition) is 2. The predicted molar refractivity (Wildman–Crippen MR) is 115 cm³/mol. The van der Waals surface area contributed by atoms with Crippen molar-refractivity contribution in [3.05, 3.63) is 90.4 Å². The van der Waals surface area contributed by atoms with E-state index in [4.69, 9.17) is 4.42 Å². The normalized spacial score (nSPS) is 11.6. The Balaban J connectivity index is 1.51. The molecule has 1 atom stereocenters. The Labute approximate surface area is 174 Å². The molecule has 6 heteroatoms. The van der Waals surface area contributed by atoms with E-state index in [0.29, 0.717) is 13.0 Å². The van der Waals surface area contributed by atoms with E-state index in [1.807, 2.05) is 48.5 Å². The summed E-state index contributed by atoms with van der Waals surface area (Å²) in [6.07, 6.45) is 2.69. The fraction of sp³-hybridized carbons (Fsp3) is 0.217. The molecule has 0 aliphatic rings. The van der Waals surface area contributed by atoms with E-state index in [0.717, 1.165) is 17.7 Å². The number of benzene rings is 2. The van der Waals surface area contributed by atoms with Crippen LogP contribution in [0.5, 0.6) is 0 Å². The summed E-state index contributed by atoms with van der Waals surface area (Å²) in [4.78, 5) is 26.3. The lowest BCUT2D eigenvalue weighted by Gasteiger charge is -2.18. The van der Waals surface area contributed by atoms with Gasteiger partial charge in [0.25, 0.3) is 5.91 Å². The van der Waals surface area contributed by atoms with Gasteiger partial charge in [-0.15, -0.1) is 11.8 Å². The highest BCUT2D eigenvalue weighted by Crippen LogP contribution is 2.17. The second-order valence-corrected chi connectivity index (χ2v) is 7.67. The van der Waals surface area contributed by atoms with Crippen LogP contribution in [0.15, 0.2) is 88.4 Å². The maximum absolute atomic E-state index is 12.7. The van der Waals surface area contributed by atoms with Gasteiger partial charge in [-0.2, -0.15) is 0 Å². The SMILES string of the molecule is O=C(NC(Cc1ccccc1)C(=O)NCCCSc1ccccc1)c1ccco1. The molecule has 0 aliphatic heterocycles. The minimum atomic E-state index is -0.670. The Morgan fingerprint density at radius 3 is 2.34 bits per heavy atom. The molecule has 2 amide bonds. The van der Waals surface area contributed by atoms with Crippen molar-refractivity contribution in [2.45, 2.75) is 23.8 Å². The third-order valence-corrected chi connectivity index (χ3v) is 5.38. The lowest BCUT2D eigenvalue weighted by molar-refractivity contribution is -0.122. The molecule has 0 bridgehead atoms. The highest BCUT2D eigenvalue weighted by molar-refractivity contribution is 7.99. The van der Waals surface area contributed by atoms with Gasteiger partial charge in [0.1, 0.15) is 6.04 Å². The molecule has 0 fully saturated rings. The van der Waals surface area contributed by atoms with Crippen molar-refractivity contribution in [1.82, 2.24) is 10.6 Å². The van der Waals surface area contributed by atoms with E-state index in [-0.39, 0.29) is 11.7 Å². The number of rotatable bonds is 10. The van der Waals surface area contributed by atoms with E-state index < -0.39 is 11.9 Å². The van der Waals surface area contributed by atoms with Gasteiger partial charge in [-0.1, -0.05) is 48.5 Å². The Morgan fingerprint density at radius 1 is 0.931 bits per heavy atom. The number of carbonyl (C=O) groups excluding carboxylic acids is 2. The van der Waals surface area contributed by atoms with Crippen LogP contribution in [0, 0.1) is 0 Å². The van der Waals surface area contributed by atoms with E-state index in [2.05, 4.69) is 22.8 Å². The smallest absolute Gasteiger partial charge is 0.287 e. The second kappa shape index (κ2) is 11.1. The second-order valence-electron chi connectivity index (χ2n) is 6.50. The van der Waals surface area contributed by atoms with E-state index in [1.54, 1.807) is 23.9 Å². The summed E-state index contributed by atoms with van der Waals surface area (Å²) in [6, 6.07) is 22.4. The quantitative estimate of drug-likeness (QED) is 0.394. The zero-order chi connectivity index (χ0) is 20.3. The molecular formula is C23H24N2O3S. The van der Waals surface area contributed by atoms with Gasteiger partial charge in [0.05, 0.1) is 6.26 Å². The van der Waals surface area contributed by atoms with Gasteiger partial charge >= 0.3 is 0 Å². The highest BCUT2D eigenvalue weighted by atomic mass is 32.2. The van der Waals surface area contributed by atoms with Gasteiger partial charge in [-0.05, 0) is 42.0 Å². The Hall–Kier alpha value is -2.99. The van der Waals surface area contributed by atoms with Crippen LogP contribution in [0.1, 0.15) is 22.5 Å². The lowest BCUT2D eigenvalue weighted by atomic mass is 10.0. The molecule has 1 heterocycles. The largest absolute Gasteiger partial charge is 0.459 e. The molecule has 0 saturated carbocycles. The first-order chi connectivity index (χ1) is 14.2. The molecular weight excluding hydrogens is 384 g/mol. The van der Waals surface area contributed by atoms with Crippen LogP contribution in [0.25, 0.3) is 0 Å². The van der Waals surface area contributed by atoms with Gasteiger partial charge in [-0.25, -0.2) is 0 Å². The van der Waals surface area contributed by atoms with Gasteiger partial charge in [-0.3, -0.25) is 9.59 Å². The number of amides is 2. The van der Waals surface area contributed by atoms with Gasteiger partial charge in [0.15, 0.2) is 5.76 Å². The zero-order valence-electron chi connectivity index (χ0n) is 16.0. The number of nitrogens with one attached hydrogen (secondary N) is 2. The van der Waals surface area contributed by atoms with Gasteiger partial charge < -0.3 is 15.1 Å². The summed E-state index contributed by atoms with van der Waals surface area (Å²) >= 11 is 1.76. The summed E-state index contributed by atoms with van der Waals surface area (Å²) < 4.78 is 5.13. The van der Waals surface area contributed by atoms with E-state index in [1.165, 1.54) is 11.2 Å².